The van der Waals surface area contributed by atoms with E-state index in [4.69, 9.17) is 10.5 Å². The van der Waals surface area contributed by atoms with Gasteiger partial charge in [-0.3, -0.25) is 4.79 Å². The first kappa shape index (κ1) is 11.0. The minimum absolute atomic E-state index is 0.205. The largest absolute Gasteiger partial charge is 0.508 e. The van der Waals surface area contributed by atoms with Crippen LogP contribution in [0.25, 0.3) is 0 Å². The van der Waals surface area contributed by atoms with Crippen molar-refractivity contribution in [2.45, 2.75) is 24.8 Å². The molecule has 0 heterocycles. The normalized spacial score (nSPS) is 23.6. The minimum Gasteiger partial charge on any atom is -0.508 e. The average molecular weight is 221 g/mol. The number of rotatable bonds is 1. The second-order valence-electron chi connectivity index (χ2n) is 4.24. The van der Waals surface area contributed by atoms with E-state index < -0.39 is 11.5 Å². The molecule has 0 radical (unpaired) electrons. The van der Waals surface area contributed by atoms with E-state index in [1.165, 1.54) is 7.11 Å². The molecule has 0 aromatic heterocycles. The first-order valence-corrected chi connectivity index (χ1v) is 5.24. The SMILES string of the molecule is COC(=O)[C@]1(N)CCc2cccc(O)c2C1. The molecule has 4 heteroatoms. The summed E-state index contributed by atoms with van der Waals surface area (Å²) in [5.74, 6) is -0.211. The van der Waals surface area contributed by atoms with Gasteiger partial charge in [-0.1, -0.05) is 12.1 Å². The van der Waals surface area contributed by atoms with E-state index in [0.717, 1.165) is 11.1 Å². The van der Waals surface area contributed by atoms with Crippen molar-refractivity contribution in [1.82, 2.24) is 0 Å². The van der Waals surface area contributed by atoms with Crippen LogP contribution in [-0.2, 0) is 22.4 Å². The van der Waals surface area contributed by atoms with Crippen molar-refractivity contribution in [3.8, 4) is 5.75 Å². The van der Waals surface area contributed by atoms with Crippen molar-refractivity contribution < 1.29 is 14.6 Å². The lowest BCUT2D eigenvalue weighted by molar-refractivity contribution is -0.147. The number of methoxy groups -OCH3 is 1. The molecule has 0 saturated carbocycles. The summed E-state index contributed by atoms with van der Waals surface area (Å²) in [5.41, 5.74) is 6.84. The summed E-state index contributed by atoms with van der Waals surface area (Å²) in [6.45, 7) is 0. The van der Waals surface area contributed by atoms with E-state index in [1.807, 2.05) is 6.07 Å². The Morgan fingerprint density at radius 3 is 3.00 bits per heavy atom. The van der Waals surface area contributed by atoms with Crippen molar-refractivity contribution in [3.05, 3.63) is 29.3 Å². The van der Waals surface area contributed by atoms with Crippen LogP contribution in [-0.4, -0.2) is 23.7 Å². The zero-order valence-corrected chi connectivity index (χ0v) is 9.19. The molecule has 1 aromatic rings. The number of fused-ring (bicyclic) bond motifs is 1. The van der Waals surface area contributed by atoms with Crippen molar-refractivity contribution in [1.29, 1.82) is 0 Å². The van der Waals surface area contributed by atoms with Crippen molar-refractivity contribution in [2.24, 2.45) is 5.73 Å². The lowest BCUT2D eigenvalue weighted by Gasteiger charge is -2.32. The van der Waals surface area contributed by atoms with Crippen LogP contribution in [0.3, 0.4) is 0 Å². The van der Waals surface area contributed by atoms with Crippen molar-refractivity contribution >= 4 is 5.97 Å². The molecule has 86 valence electrons. The Morgan fingerprint density at radius 2 is 2.31 bits per heavy atom. The molecule has 0 saturated heterocycles. The third kappa shape index (κ3) is 1.65. The summed E-state index contributed by atoms with van der Waals surface area (Å²) in [7, 11) is 1.33. The van der Waals surface area contributed by atoms with Gasteiger partial charge in [-0.2, -0.15) is 0 Å². The Morgan fingerprint density at radius 1 is 1.56 bits per heavy atom. The molecule has 0 unspecified atom stereocenters. The molecule has 16 heavy (non-hydrogen) atoms. The number of aromatic hydroxyl groups is 1. The zero-order chi connectivity index (χ0) is 11.8. The molecule has 0 amide bonds. The fourth-order valence-corrected chi connectivity index (χ4v) is 2.20. The fourth-order valence-electron chi connectivity index (χ4n) is 2.20. The maximum absolute atomic E-state index is 11.6. The Bertz CT molecular complexity index is 430. The highest BCUT2D eigenvalue weighted by Gasteiger charge is 2.39. The van der Waals surface area contributed by atoms with E-state index in [0.29, 0.717) is 19.3 Å². The number of aryl methyl sites for hydroxylation is 1. The third-order valence-electron chi connectivity index (χ3n) is 3.17. The molecule has 1 aliphatic rings. The quantitative estimate of drug-likeness (QED) is 0.686. The molecule has 1 aliphatic carbocycles. The lowest BCUT2D eigenvalue weighted by atomic mass is 9.78. The number of nitrogens with two attached hydrogens (primary N) is 1. The average Bonchev–Trinajstić information content (AvgIpc) is 2.29. The summed E-state index contributed by atoms with van der Waals surface area (Å²) in [5, 5.41) is 9.74. The predicted molar refractivity (Wildman–Crippen MR) is 59.1 cm³/mol. The number of phenols is 1. The second-order valence-corrected chi connectivity index (χ2v) is 4.24. The van der Waals surface area contributed by atoms with Gasteiger partial charge in [-0.25, -0.2) is 0 Å². The number of hydrogen-bond acceptors (Lipinski definition) is 4. The van der Waals surface area contributed by atoms with E-state index in [1.54, 1.807) is 12.1 Å². The van der Waals surface area contributed by atoms with Crippen LogP contribution >= 0.6 is 0 Å². The summed E-state index contributed by atoms with van der Waals surface area (Å²) in [6, 6.07) is 5.36. The van der Waals surface area contributed by atoms with E-state index in [-0.39, 0.29) is 5.75 Å². The highest BCUT2D eigenvalue weighted by atomic mass is 16.5. The second kappa shape index (κ2) is 3.79. The van der Waals surface area contributed by atoms with Gasteiger partial charge in [0.1, 0.15) is 11.3 Å². The van der Waals surface area contributed by atoms with Crippen LogP contribution in [0.2, 0.25) is 0 Å². The molecule has 0 fully saturated rings. The van der Waals surface area contributed by atoms with Gasteiger partial charge in [0.15, 0.2) is 0 Å². The maximum Gasteiger partial charge on any atom is 0.326 e. The Kier molecular flexibility index (Phi) is 2.59. The third-order valence-corrected chi connectivity index (χ3v) is 3.17. The number of esters is 1. The van der Waals surface area contributed by atoms with Gasteiger partial charge < -0.3 is 15.6 Å². The number of carbonyl (C=O) groups excluding carboxylic acids is 1. The van der Waals surface area contributed by atoms with E-state index in [2.05, 4.69) is 0 Å². The summed E-state index contributed by atoms with van der Waals surface area (Å²) in [4.78, 5) is 11.6. The molecule has 2 rings (SSSR count). The zero-order valence-electron chi connectivity index (χ0n) is 9.19. The summed E-state index contributed by atoms with van der Waals surface area (Å²) < 4.78 is 4.70. The molecule has 4 nitrogen and oxygen atoms in total. The first-order valence-electron chi connectivity index (χ1n) is 5.24. The van der Waals surface area contributed by atoms with Crippen molar-refractivity contribution in [2.75, 3.05) is 7.11 Å². The monoisotopic (exact) mass is 221 g/mol. The highest BCUT2D eigenvalue weighted by molar-refractivity contribution is 5.81. The topological polar surface area (TPSA) is 72.5 Å². The molecule has 0 spiro atoms. The Balaban J connectivity index is 2.36. The van der Waals surface area contributed by atoms with Crippen LogP contribution in [0.4, 0.5) is 0 Å². The number of carbonyl (C=O) groups is 1. The van der Waals surface area contributed by atoms with Gasteiger partial charge in [0, 0.05) is 6.42 Å². The van der Waals surface area contributed by atoms with Gasteiger partial charge in [-0.05, 0) is 30.0 Å². The summed E-state index contributed by atoms with van der Waals surface area (Å²) in [6.07, 6.45) is 1.58. The smallest absolute Gasteiger partial charge is 0.326 e. The lowest BCUT2D eigenvalue weighted by Crippen LogP contribution is -2.52. The van der Waals surface area contributed by atoms with Crippen LogP contribution < -0.4 is 5.73 Å². The molecule has 1 aromatic carbocycles. The Hall–Kier alpha value is -1.55. The van der Waals surface area contributed by atoms with Crippen LogP contribution in [0.15, 0.2) is 18.2 Å². The van der Waals surface area contributed by atoms with E-state index in [9.17, 15) is 9.90 Å². The minimum atomic E-state index is -0.999. The standard InChI is InChI=1S/C12H15NO3/c1-16-11(15)12(13)6-5-8-3-2-4-10(14)9(8)7-12/h2-4,14H,5-7,13H2,1H3/t12-/m0/s1. The molecule has 1 atom stereocenters. The number of ether oxygens (including phenoxy) is 1. The van der Waals surface area contributed by atoms with Gasteiger partial charge in [0.05, 0.1) is 7.11 Å². The number of hydrogen-bond donors (Lipinski definition) is 2. The van der Waals surface area contributed by atoms with Crippen LogP contribution in [0.1, 0.15) is 17.5 Å². The van der Waals surface area contributed by atoms with Gasteiger partial charge in [-0.15, -0.1) is 0 Å². The molecule has 0 aliphatic heterocycles. The highest BCUT2D eigenvalue weighted by Crippen LogP contribution is 2.33. The van der Waals surface area contributed by atoms with Gasteiger partial charge >= 0.3 is 5.97 Å². The molecular weight excluding hydrogens is 206 g/mol. The maximum atomic E-state index is 11.6. The van der Waals surface area contributed by atoms with E-state index >= 15 is 0 Å². The number of benzene rings is 1. The fraction of sp³-hybridized carbons (Fsp3) is 0.417. The van der Waals surface area contributed by atoms with Gasteiger partial charge in [0.25, 0.3) is 0 Å². The van der Waals surface area contributed by atoms with Crippen LogP contribution in [0.5, 0.6) is 5.75 Å². The molecular formula is C12H15NO3. The van der Waals surface area contributed by atoms with Crippen LogP contribution in [0, 0.1) is 0 Å². The molecule has 0 bridgehead atoms. The Labute approximate surface area is 94.0 Å². The number of phenolic OH excluding ortho intramolecular Hbond substituents is 1. The molecule has 3 N–H and O–H groups in total. The first-order chi connectivity index (χ1) is 7.57. The summed E-state index contributed by atoms with van der Waals surface area (Å²) >= 11 is 0. The van der Waals surface area contributed by atoms with Crippen molar-refractivity contribution in [3.63, 3.8) is 0 Å². The van der Waals surface area contributed by atoms with Gasteiger partial charge in [0.2, 0.25) is 0 Å². The predicted octanol–water partition coefficient (Wildman–Crippen LogP) is 0.751.